The molecule has 1 fully saturated rings. The lowest BCUT2D eigenvalue weighted by Crippen LogP contribution is -2.49. The Morgan fingerprint density at radius 2 is 1.93 bits per heavy atom. The van der Waals surface area contributed by atoms with Crippen molar-refractivity contribution in [2.45, 2.75) is 18.4 Å². The molecule has 4 heteroatoms. The van der Waals surface area contributed by atoms with Crippen molar-refractivity contribution in [2.75, 3.05) is 46.8 Å². The lowest BCUT2D eigenvalue weighted by molar-refractivity contribution is -0.0142. The zero-order valence-corrected chi connectivity index (χ0v) is 9.37. The molecule has 0 radical (unpaired) electrons. The molecule has 0 atom stereocenters. The first kappa shape index (κ1) is 11.9. The van der Waals surface area contributed by atoms with Crippen LogP contribution in [0.1, 0.15) is 12.8 Å². The van der Waals surface area contributed by atoms with Crippen molar-refractivity contribution >= 4 is 0 Å². The molecule has 0 saturated carbocycles. The van der Waals surface area contributed by atoms with Crippen LogP contribution in [-0.2, 0) is 0 Å². The first-order valence-electron chi connectivity index (χ1n) is 5.35. The molecule has 0 aromatic carbocycles. The van der Waals surface area contributed by atoms with Crippen LogP contribution >= 0.6 is 0 Å². The number of rotatable bonds is 4. The first-order chi connectivity index (χ1) is 6.56. The second-order valence-electron chi connectivity index (χ2n) is 4.57. The van der Waals surface area contributed by atoms with Gasteiger partial charge in [0.05, 0.1) is 5.60 Å². The third kappa shape index (κ3) is 3.53. The van der Waals surface area contributed by atoms with E-state index in [1.54, 1.807) is 0 Å². The molecule has 0 spiro atoms. The fourth-order valence-electron chi connectivity index (χ4n) is 1.74. The number of hydrogen-bond acceptors (Lipinski definition) is 4. The Morgan fingerprint density at radius 3 is 2.36 bits per heavy atom. The summed E-state index contributed by atoms with van der Waals surface area (Å²) in [5, 5.41) is 9.91. The molecular formula is C10H23N3O. The Balaban J connectivity index is 2.22. The van der Waals surface area contributed by atoms with Crippen molar-refractivity contribution in [2.24, 2.45) is 5.73 Å². The van der Waals surface area contributed by atoms with Crippen LogP contribution < -0.4 is 5.73 Å². The van der Waals surface area contributed by atoms with Crippen molar-refractivity contribution in [3.63, 3.8) is 0 Å². The van der Waals surface area contributed by atoms with E-state index in [0.29, 0.717) is 6.54 Å². The van der Waals surface area contributed by atoms with E-state index >= 15 is 0 Å². The minimum atomic E-state index is -0.589. The van der Waals surface area contributed by atoms with Gasteiger partial charge in [-0.05, 0) is 26.9 Å². The van der Waals surface area contributed by atoms with Gasteiger partial charge in [-0.3, -0.25) is 0 Å². The molecule has 14 heavy (non-hydrogen) atoms. The van der Waals surface area contributed by atoms with Crippen LogP contribution in [0.2, 0.25) is 0 Å². The predicted octanol–water partition coefficient (Wildman–Crippen LogP) is -0.666. The summed E-state index contributed by atoms with van der Waals surface area (Å²) >= 11 is 0. The van der Waals surface area contributed by atoms with Crippen molar-refractivity contribution in [3.8, 4) is 0 Å². The van der Waals surface area contributed by atoms with Gasteiger partial charge in [0.2, 0.25) is 0 Å². The highest BCUT2D eigenvalue weighted by Gasteiger charge is 2.30. The first-order valence-corrected chi connectivity index (χ1v) is 5.35. The van der Waals surface area contributed by atoms with E-state index in [4.69, 9.17) is 5.73 Å². The van der Waals surface area contributed by atoms with Gasteiger partial charge in [0.15, 0.2) is 0 Å². The molecule has 1 aliphatic heterocycles. The maximum absolute atomic E-state index is 9.91. The smallest absolute Gasteiger partial charge is 0.0793 e. The number of likely N-dealkylation sites (tertiary alicyclic amines) is 1. The van der Waals surface area contributed by atoms with E-state index in [9.17, 15) is 5.11 Å². The molecule has 3 N–H and O–H groups in total. The molecule has 1 aliphatic rings. The van der Waals surface area contributed by atoms with Crippen LogP contribution in [0, 0.1) is 0 Å². The Hall–Kier alpha value is -0.160. The average molecular weight is 201 g/mol. The van der Waals surface area contributed by atoms with Gasteiger partial charge in [-0.1, -0.05) is 0 Å². The van der Waals surface area contributed by atoms with Crippen molar-refractivity contribution in [1.82, 2.24) is 9.80 Å². The number of nitrogens with zero attached hydrogens (tertiary/aromatic N) is 2. The maximum atomic E-state index is 9.91. The number of aliphatic hydroxyl groups is 1. The topological polar surface area (TPSA) is 52.7 Å². The molecule has 1 rings (SSSR count). The fourth-order valence-corrected chi connectivity index (χ4v) is 1.74. The monoisotopic (exact) mass is 201 g/mol. The van der Waals surface area contributed by atoms with Crippen LogP contribution in [0.25, 0.3) is 0 Å². The summed E-state index contributed by atoms with van der Waals surface area (Å²) < 4.78 is 0. The van der Waals surface area contributed by atoms with Gasteiger partial charge in [0.25, 0.3) is 0 Å². The third-order valence-corrected chi connectivity index (χ3v) is 3.03. The van der Waals surface area contributed by atoms with Gasteiger partial charge in [-0.2, -0.15) is 0 Å². The molecule has 0 aromatic heterocycles. The highest BCUT2D eigenvalue weighted by atomic mass is 16.3. The largest absolute Gasteiger partial charge is 0.388 e. The summed E-state index contributed by atoms with van der Waals surface area (Å²) in [6.45, 7) is 4.52. The summed E-state index contributed by atoms with van der Waals surface area (Å²) in [6, 6.07) is 0. The fraction of sp³-hybridized carbons (Fsp3) is 1.00. The highest BCUT2D eigenvalue weighted by Crippen LogP contribution is 2.20. The summed E-state index contributed by atoms with van der Waals surface area (Å²) in [5.41, 5.74) is 4.94. The molecule has 4 nitrogen and oxygen atoms in total. The molecule has 84 valence electrons. The van der Waals surface area contributed by atoms with E-state index < -0.39 is 5.60 Å². The molecular weight excluding hydrogens is 178 g/mol. The Bertz CT molecular complexity index is 165. The predicted molar refractivity (Wildman–Crippen MR) is 58.2 cm³/mol. The molecule has 0 aliphatic carbocycles. The highest BCUT2D eigenvalue weighted by molar-refractivity contribution is 4.86. The Labute approximate surface area is 86.7 Å². The Kier molecular flexibility index (Phi) is 4.31. The van der Waals surface area contributed by atoms with Gasteiger partial charge in [-0.25, -0.2) is 0 Å². The van der Waals surface area contributed by atoms with Gasteiger partial charge in [0, 0.05) is 32.7 Å². The number of nitrogens with two attached hydrogens (primary N) is 1. The summed E-state index contributed by atoms with van der Waals surface area (Å²) in [7, 11) is 4.17. The molecule has 0 bridgehead atoms. The SMILES string of the molecule is CN(C)CCN1CCC(O)(CN)CC1. The third-order valence-electron chi connectivity index (χ3n) is 3.03. The molecule has 0 unspecified atom stereocenters. The zero-order chi connectivity index (χ0) is 10.6. The summed E-state index contributed by atoms with van der Waals surface area (Å²) in [4.78, 5) is 4.58. The summed E-state index contributed by atoms with van der Waals surface area (Å²) in [6.07, 6.45) is 1.63. The molecule has 1 saturated heterocycles. The minimum Gasteiger partial charge on any atom is -0.388 e. The van der Waals surface area contributed by atoms with Crippen molar-refractivity contribution in [1.29, 1.82) is 0 Å². The number of hydrogen-bond donors (Lipinski definition) is 2. The van der Waals surface area contributed by atoms with Crippen LogP contribution in [0.15, 0.2) is 0 Å². The number of piperidine rings is 1. The average Bonchev–Trinajstić information content (AvgIpc) is 2.17. The maximum Gasteiger partial charge on any atom is 0.0793 e. The van der Waals surface area contributed by atoms with E-state index in [-0.39, 0.29) is 0 Å². The number of likely N-dealkylation sites (N-methyl/N-ethyl adjacent to an activating group) is 1. The second kappa shape index (κ2) is 5.07. The van der Waals surface area contributed by atoms with Gasteiger partial charge in [-0.15, -0.1) is 0 Å². The van der Waals surface area contributed by atoms with E-state index in [0.717, 1.165) is 39.0 Å². The standard InChI is InChI=1S/C10H23N3O/c1-12(2)7-8-13-5-3-10(14,9-11)4-6-13/h14H,3-9,11H2,1-2H3. The van der Waals surface area contributed by atoms with Crippen molar-refractivity contribution < 1.29 is 5.11 Å². The van der Waals surface area contributed by atoms with Gasteiger partial charge < -0.3 is 20.6 Å². The van der Waals surface area contributed by atoms with Gasteiger partial charge in [0.1, 0.15) is 0 Å². The van der Waals surface area contributed by atoms with E-state index in [1.165, 1.54) is 0 Å². The van der Waals surface area contributed by atoms with Crippen LogP contribution in [-0.4, -0.2) is 67.3 Å². The lowest BCUT2D eigenvalue weighted by Gasteiger charge is -2.37. The minimum absolute atomic E-state index is 0.397. The lowest BCUT2D eigenvalue weighted by atomic mass is 9.92. The van der Waals surface area contributed by atoms with Crippen molar-refractivity contribution in [3.05, 3.63) is 0 Å². The normalized spacial score (nSPS) is 22.9. The van der Waals surface area contributed by atoms with Crippen LogP contribution in [0.3, 0.4) is 0 Å². The van der Waals surface area contributed by atoms with Crippen LogP contribution in [0.4, 0.5) is 0 Å². The summed E-state index contributed by atoms with van der Waals surface area (Å²) in [5.74, 6) is 0. The quantitative estimate of drug-likeness (QED) is 0.634. The molecule has 0 amide bonds. The Morgan fingerprint density at radius 1 is 1.36 bits per heavy atom. The molecule has 0 aromatic rings. The van der Waals surface area contributed by atoms with E-state index in [2.05, 4.69) is 23.9 Å². The van der Waals surface area contributed by atoms with E-state index in [1.807, 2.05) is 0 Å². The zero-order valence-electron chi connectivity index (χ0n) is 9.37. The van der Waals surface area contributed by atoms with Gasteiger partial charge >= 0.3 is 0 Å². The van der Waals surface area contributed by atoms with Crippen LogP contribution in [0.5, 0.6) is 0 Å². The molecule has 1 heterocycles. The second-order valence-corrected chi connectivity index (χ2v) is 4.57.